The molecule has 0 spiro atoms. The van der Waals surface area contributed by atoms with E-state index in [0.29, 0.717) is 6.04 Å². The lowest BCUT2D eigenvalue weighted by molar-refractivity contribution is 0.398. The molecule has 98 valence electrons. The standard InChI is InChI=1S/C15H23N3/c1-18-8-9(7-17-18)2-5-12(16)15-13-10-3-4-11(6-10)14(13)15/h7-8,10-15H,2-6,16H2,1H3. The van der Waals surface area contributed by atoms with Crippen molar-refractivity contribution in [3.8, 4) is 0 Å². The summed E-state index contributed by atoms with van der Waals surface area (Å²) in [6.45, 7) is 0. The number of fused-ring (bicyclic) bond motifs is 5. The Balaban J connectivity index is 1.34. The Kier molecular flexibility index (Phi) is 2.35. The van der Waals surface area contributed by atoms with Gasteiger partial charge in [0.2, 0.25) is 0 Å². The van der Waals surface area contributed by atoms with Crippen LogP contribution >= 0.6 is 0 Å². The number of nitrogens with two attached hydrogens (primary N) is 1. The minimum atomic E-state index is 0.434. The molecule has 4 rings (SSSR count). The minimum absolute atomic E-state index is 0.434. The number of nitrogens with zero attached hydrogens (tertiary/aromatic N) is 2. The summed E-state index contributed by atoms with van der Waals surface area (Å²) in [5, 5.41) is 4.22. The summed E-state index contributed by atoms with van der Waals surface area (Å²) in [4.78, 5) is 0. The van der Waals surface area contributed by atoms with E-state index in [0.717, 1.165) is 42.4 Å². The topological polar surface area (TPSA) is 43.8 Å². The van der Waals surface area contributed by atoms with Crippen LogP contribution in [0.4, 0.5) is 0 Å². The van der Waals surface area contributed by atoms with E-state index in [9.17, 15) is 0 Å². The molecule has 3 aliphatic carbocycles. The summed E-state index contributed by atoms with van der Waals surface area (Å²) in [6, 6.07) is 0.434. The number of rotatable bonds is 4. The first kappa shape index (κ1) is 11.0. The van der Waals surface area contributed by atoms with Gasteiger partial charge in [-0.25, -0.2) is 0 Å². The van der Waals surface area contributed by atoms with Gasteiger partial charge < -0.3 is 5.73 Å². The van der Waals surface area contributed by atoms with E-state index < -0.39 is 0 Å². The highest BCUT2D eigenvalue weighted by atomic mass is 15.2. The molecule has 3 aliphatic rings. The quantitative estimate of drug-likeness (QED) is 0.881. The molecule has 3 heteroatoms. The Hall–Kier alpha value is -0.830. The summed E-state index contributed by atoms with van der Waals surface area (Å²) >= 11 is 0. The van der Waals surface area contributed by atoms with Gasteiger partial charge in [-0.2, -0.15) is 5.10 Å². The van der Waals surface area contributed by atoms with Crippen molar-refractivity contribution in [3.05, 3.63) is 18.0 Å². The Bertz CT molecular complexity index is 436. The van der Waals surface area contributed by atoms with Crippen LogP contribution in [-0.4, -0.2) is 15.8 Å². The minimum Gasteiger partial charge on any atom is -0.327 e. The second-order valence-corrected chi connectivity index (χ2v) is 6.79. The molecule has 0 aromatic carbocycles. The molecule has 5 atom stereocenters. The average molecular weight is 245 g/mol. The first-order valence-corrected chi connectivity index (χ1v) is 7.47. The largest absolute Gasteiger partial charge is 0.327 e. The van der Waals surface area contributed by atoms with Crippen molar-refractivity contribution >= 4 is 0 Å². The predicted octanol–water partition coefficient (Wildman–Crippen LogP) is 1.97. The van der Waals surface area contributed by atoms with Gasteiger partial charge in [0.15, 0.2) is 0 Å². The zero-order valence-electron chi connectivity index (χ0n) is 11.1. The van der Waals surface area contributed by atoms with E-state index in [1.165, 1.54) is 24.8 Å². The van der Waals surface area contributed by atoms with Crippen LogP contribution in [0.25, 0.3) is 0 Å². The molecule has 0 amide bonds. The molecular weight excluding hydrogens is 222 g/mol. The highest BCUT2D eigenvalue weighted by Crippen LogP contribution is 2.70. The summed E-state index contributed by atoms with van der Waals surface area (Å²) in [5.74, 6) is 5.01. The van der Waals surface area contributed by atoms with Gasteiger partial charge in [-0.15, -0.1) is 0 Å². The van der Waals surface area contributed by atoms with Crippen LogP contribution in [0.15, 0.2) is 12.4 Å². The van der Waals surface area contributed by atoms with E-state index in [-0.39, 0.29) is 0 Å². The van der Waals surface area contributed by atoms with E-state index in [1.54, 1.807) is 0 Å². The van der Waals surface area contributed by atoms with Crippen LogP contribution in [0.5, 0.6) is 0 Å². The van der Waals surface area contributed by atoms with Crippen molar-refractivity contribution in [2.24, 2.45) is 42.4 Å². The normalized spacial score (nSPS) is 42.0. The van der Waals surface area contributed by atoms with Crippen LogP contribution in [-0.2, 0) is 13.5 Å². The monoisotopic (exact) mass is 245 g/mol. The zero-order valence-corrected chi connectivity index (χ0v) is 11.1. The summed E-state index contributed by atoms with van der Waals surface area (Å²) in [7, 11) is 1.98. The fourth-order valence-corrected chi connectivity index (χ4v) is 5.09. The van der Waals surface area contributed by atoms with Crippen LogP contribution in [0, 0.1) is 29.6 Å². The Morgan fingerprint density at radius 2 is 2.11 bits per heavy atom. The summed E-state index contributed by atoms with van der Waals surface area (Å²) in [6.07, 6.45) is 10.9. The Morgan fingerprint density at radius 3 is 2.72 bits per heavy atom. The first-order chi connectivity index (χ1) is 8.74. The highest BCUT2D eigenvalue weighted by molar-refractivity contribution is 5.16. The molecule has 1 heterocycles. The van der Waals surface area contributed by atoms with Crippen molar-refractivity contribution in [1.29, 1.82) is 0 Å². The zero-order chi connectivity index (χ0) is 12.3. The van der Waals surface area contributed by atoms with Crippen LogP contribution < -0.4 is 5.73 Å². The number of hydrogen-bond donors (Lipinski definition) is 1. The number of aromatic nitrogens is 2. The van der Waals surface area contributed by atoms with Gasteiger partial charge >= 0.3 is 0 Å². The van der Waals surface area contributed by atoms with Crippen LogP contribution in [0.2, 0.25) is 0 Å². The maximum absolute atomic E-state index is 6.45. The second kappa shape index (κ2) is 3.83. The molecule has 0 aliphatic heterocycles. The molecule has 2 bridgehead atoms. The van der Waals surface area contributed by atoms with Crippen molar-refractivity contribution < 1.29 is 0 Å². The fraction of sp³-hybridized carbons (Fsp3) is 0.800. The van der Waals surface area contributed by atoms with E-state index in [2.05, 4.69) is 11.3 Å². The Morgan fingerprint density at radius 1 is 1.39 bits per heavy atom. The number of aryl methyl sites for hydroxylation is 2. The molecule has 0 saturated heterocycles. The average Bonchev–Trinajstić information content (AvgIpc) is 2.69. The molecular formula is C15H23N3. The molecule has 3 saturated carbocycles. The highest BCUT2D eigenvalue weighted by Gasteiger charge is 2.65. The lowest BCUT2D eigenvalue weighted by Gasteiger charge is -2.15. The lowest BCUT2D eigenvalue weighted by atomic mass is 9.94. The third-order valence-corrected chi connectivity index (χ3v) is 5.81. The summed E-state index contributed by atoms with van der Waals surface area (Å²) < 4.78 is 1.88. The van der Waals surface area contributed by atoms with Crippen molar-refractivity contribution in [2.75, 3.05) is 0 Å². The van der Waals surface area contributed by atoms with Crippen molar-refractivity contribution in [1.82, 2.24) is 9.78 Å². The molecule has 2 N–H and O–H groups in total. The molecule has 5 unspecified atom stereocenters. The molecule has 0 radical (unpaired) electrons. The fourth-order valence-electron chi connectivity index (χ4n) is 5.09. The molecule has 18 heavy (non-hydrogen) atoms. The van der Waals surface area contributed by atoms with Crippen molar-refractivity contribution in [3.63, 3.8) is 0 Å². The summed E-state index contributed by atoms with van der Waals surface area (Å²) in [5.41, 5.74) is 7.78. The van der Waals surface area contributed by atoms with E-state index >= 15 is 0 Å². The maximum Gasteiger partial charge on any atom is 0.0521 e. The second-order valence-electron chi connectivity index (χ2n) is 6.79. The van der Waals surface area contributed by atoms with Gasteiger partial charge in [-0.3, -0.25) is 4.68 Å². The van der Waals surface area contributed by atoms with Crippen molar-refractivity contribution in [2.45, 2.75) is 38.1 Å². The Labute approximate surface area is 109 Å². The SMILES string of the molecule is Cn1cc(CCC(N)C2C3C4CCC(C4)C23)cn1. The smallest absolute Gasteiger partial charge is 0.0521 e. The van der Waals surface area contributed by atoms with Gasteiger partial charge in [0.05, 0.1) is 6.20 Å². The first-order valence-electron chi connectivity index (χ1n) is 7.47. The van der Waals surface area contributed by atoms with Gasteiger partial charge in [0, 0.05) is 19.3 Å². The van der Waals surface area contributed by atoms with Crippen LogP contribution in [0.1, 0.15) is 31.2 Å². The molecule has 3 fully saturated rings. The molecule has 3 nitrogen and oxygen atoms in total. The van der Waals surface area contributed by atoms with E-state index in [4.69, 9.17) is 5.73 Å². The van der Waals surface area contributed by atoms with E-state index in [1.807, 2.05) is 17.9 Å². The lowest BCUT2D eigenvalue weighted by Crippen LogP contribution is -2.26. The van der Waals surface area contributed by atoms with Gasteiger partial charge in [-0.05, 0) is 67.3 Å². The molecule has 1 aromatic heterocycles. The molecule has 1 aromatic rings. The van der Waals surface area contributed by atoms with Gasteiger partial charge in [0.1, 0.15) is 0 Å². The van der Waals surface area contributed by atoms with Gasteiger partial charge in [-0.1, -0.05) is 0 Å². The number of hydrogen-bond acceptors (Lipinski definition) is 2. The third kappa shape index (κ3) is 1.56. The predicted molar refractivity (Wildman–Crippen MR) is 70.8 cm³/mol. The van der Waals surface area contributed by atoms with Crippen LogP contribution in [0.3, 0.4) is 0 Å². The van der Waals surface area contributed by atoms with Gasteiger partial charge in [0.25, 0.3) is 0 Å². The maximum atomic E-state index is 6.45. The third-order valence-electron chi connectivity index (χ3n) is 5.81.